The summed E-state index contributed by atoms with van der Waals surface area (Å²) in [5, 5.41) is 4.20. The van der Waals surface area contributed by atoms with Gasteiger partial charge in [0.15, 0.2) is 0 Å². The predicted octanol–water partition coefficient (Wildman–Crippen LogP) is 2.35. The minimum atomic E-state index is -0.498. The monoisotopic (exact) mass is 345 g/mol. The van der Waals surface area contributed by atoms with Crippen molar-refractivity contribution in [3.05, 3.63) is 71.9 Å². The molecule has 1 aliphatic heterocycles. The fraction of sp³-hybridized carbons (Fsp3) is 0.200. The number of dihydropyridines is 1. The number of carbonyl (C=O) groups excluding carboxylic acids is 1. The molecule has 6 nitrogen and oxygen atoms in total. The molecule has 4 rings (SSSR count). The zero-order valence-electron chi connectivity index (χ0n) is 14.5. The Hall–Kier alpha value is -3.28. The van der Waals surface area contributed by atoms with Crippen LogP contribution >= 0.6 is 0 Å². The van der Waals surface area contributed by atoms with Crippen LogP contribution in [0.2, 0.25) is 0 Å². The lowest BCUT2D eigenvalue weighted by atomic mass is 9.83. The number of aromatic nitrogens is 3. The van der Waals surface area contributed by atoms with Crippen molar-refractivity contribution in [2.24, 2.45) is 23.7 Å². The van der Waals surface area contributed by atoms with Gasteiger partial charge in [0.2, 0.25) is 0 Å². The molecule has 2 N–H and O–H groups in total. The molecule has 0 fully saturated rings. The van der Waals surface area contributed by atoms with Crippen molar-refractivity contribution in [3.63, 3.8) is 0 Å². The molecule has 6 heteroatoms. The van der Waals surface area contributed by atoms with Crippen molar-refractivity contribution in [1.82, 2.24) is 14.8 Å². The Labute approximate surface area is 151 Å². The molecule has 0 unspecified atom stereocenters. The molecule has 0 aromatic carbocycles. The van der Waals surface area contributed by atoms with E-state index in [9.17, 15) is 4.79 Å². The predicted molar refractivity (Wildman–Crippen MR) is 100 cm³/mol. The van der Waals surface area contributed by atoms with Crippen LogP contribution in [0.4, 0.5) is 0 Å². The summed E-state index contributed by atoms with van der Waals surface area (Å²) in [7, 11) is 1.88. The number of nitrogens with two attached hydrogens (primary N) is 1. The Kier molecular flexibility index (Phi) is 4.08. The lowest BCUT2D eigenvalue weighted by Gasteiger charge is -2.26. The van der Waals surface area contributed by atoms with E-state index < -0.39 is 5.91 Å². The number of hydrogen-bond acceptors (Lipinski definition) is 4. The Morgan fingerprint density at radius 2 is 2.31 bits per heavy atom. The van der Waals surface area contributed by atoms with E-state index in [0.29, 0.717) is 5.71 Å². The summed E-state index contributed by atoms with van der Waals surface area (Å²) < 4.78 is 1.76. The van der Waals surface area contributed by atoms with E-state index in [-0.39, 0.29) is 5.92 Å². The van der Waals surface area contributed by atoms with E-state index in [1.54, 1.807) is 10.9 Å². The molecule has 2 aromatic rings. The molecule has 2 aliphatic rings. The van der Waals surface area contributed by atoms with Gasteiger partial charge in [-0.1, -0.05) is 17.7 Å². The van der Waals surface area contributed by atoms with Crippen molar-refractivity contribution in [2.75, 3.05) is 0 Å². The van der Waals surface area contributed by atoms with Crippen molar-refractivity contribution >= 4 is 11.6 Å². The molecule has 0 spiro atoms. The van der Waals surface area contributed by atoms with Gasteiger partial charge < -0.3 is 5.73 Å². The van der Waals surface area contributed by atoms with E-state index in [2.05, 4.69) is 27.2 Å². The number of fused-ring (bicyclic) bond motifs is 1. The minimum absolute atomic E-state index is 0.193. The van der Waals surface area contributed by atoms with E-state index in [1.807, 2.05) is 43.7 Å². The van der Waals surface area contributed by atoms with Gasteiger partial charge in [-0.05, 0) is 42.7 Å². The molecule has 0 saturated carbocycles. The number of amides is 1. The number of primary amides is 1. The van der Waals surface area contributed by atoms with E-state index in [4.69, 9.17) is 5.73 Å². The lowest BCUT2D eigenvalue weighted by Crippen LogP contribution is -2.27. The SMILES string of the molecule is Cn1cc(-c2cc(CC3=CC(C(N)=O)=NC4=CC=CC[C@H]34)ccn2)cn1. The van der Waals surface area contributed by atoms with Crippen molar-refractivity contribution in [3.8, 4) is 11.3 Å². The molecule has 1 atom stereocenters. The largest absolute Gasteiger partial charge is 0.364 e. The number of aryl methyl sites for hydroxylation is 1. The van der Waals surface area contributed by atoms with Crippen LogP contribution in [0.25, 0.3) is 11.3 Å². The van der Waals surface area contributed by atoms with E-state index in [0.717, 1.165) is 40.9 Å². The number of rotatable bonds is 4. The molecule has 1 aliphatic carbocycles. The van der Waals surface area contributed by atoms with Crippen LogP contribution in [0.15, 0.2) is 71.3 Å². The number of allylic oxidation sites excluding steroid dienone is 4. The molecule has 26 heavy (non-hydrogen) atoms. The van der Waals surface area contributed by atoms with Gasteiger partial charge in [-0.25, -0.2) is 4.99 Å². The summed E-state index contributed by atoms with van der Waals surface area (Å²) in [4.78, 5) is 20.5. The first-order valence-corrected chi connectivity index (χ1v) is 8.50. The van der Waals surface area contributed by atoms with E-state index in [1.165, 1.54) is 0 Å². The molecule has 2 aromatic heterocycles. The highest BCUT2D eigenvalue weighted by Gasteiger charge is 2.26. The first-order valence-electron chi connectivity index (χ1n) is 8.50. The average molecular weight is 345 g/mol. The Morgan fingerprint density at radius 1 is 1.42 bits per heavy atom. The fourth-order valence-corrected chi connectivity index (χ4v) is 3.35. The van der Waals surface area contributed by atoms with Gasteiger partial charge in [0.1, 0.15) is 5.71 Å². The van der Waals surface area contributed by atoms with Crippen molar-refractivity contribution < 1.29 is 4.79 Å². The zero-order valence-corrected chi connectivity index (χ0v) is 14.5. The maximum Gasteiger partial charge on any atom is 0.267 e. The Bertz CT molecular complexity index is 993. The highest BCUT2D eigenvalue weighted by Crippen LogP contribution is 2.34. The summed E-state index contributed by atoms with van der Waals surface area (Å²) in [6.07, 6.45) is 15.1. The average Bonchev–Trinajstić information content (AvgIpc) is 3.08. The molecule has 0 radical (unpaired) electrons. The fourth-order valence-electron chi connectivity index (χ4n) is 3.35. The molecule has 130 valence electrons. The number of carbonyl (C=O) groups is 1. The van der Waals surface area contributed by atoms with Crippen LogP contribution < -0.4 is 5.73 Å². The van der Waals surface area contributed by atoms with Crippen molar-refractivity contribution in [2.45, 2.75) is 12.8 Å². The van der Waals surface area contributed by atoms with Crippen LogP contribution in [0.1, 0.15) is 12.0 Å². The lowest BCUT2D eigenvalue weighted by molar-refractivity contribution is -0.111. The Morgan fingerprint density at radius 3 is 3.08 bits per heavy atom. The number of nitrogens with zero attached hydrogens (tertiary/aromatic N) is 4. The third-order valence-electron chi connectivity index (χ3n) is 4.64. The van der Waals surface area contributed by atoms with Gasteiger partial charge in [-0.2, -0.15) is 5.10 Å². The van der Waals surface area contributed by atoms with Gasteiger partial charge >= 0.3 is 0 Å². The molecule has 0 bridgehead atoms. The maximum atomic E-state index is 11.7. The zero-order chi connectivity index (χ0) is 18.1. The second kappa shape index (κ2) is 6.55. The molecule has 3 heterocycles. The van der Waals surface area contributed by atoms with Crippen LogP contribution in [-0.2, 0) is 18.3 Å². The summed E-state index contributed by atoms with van der Waals surface area (Å²) in [5.74, 6) is -0.305. The number of hydrogen-bond donors (Lipinski definition) is 1. The van der Waals surface area contributed by atoms with Crippen LogP contribution in [-0.4, -0.2) is 26.4 Å². The summed E-state index contributed by atoms with van der Waals surface area (Å²) >= 11 is 0. The third kappa shape index (κ3) is 3.13. The first-order chi connectivity index (χ1) is 12.6. The Balaban J connectivity index is 1.66. The second-order valence-corrected chi connectivity index (χ2v) is 6.52. The number of pyridine rings is 1. The third-order valence-corrected chi connectivity index (χ3v) is 4.64. The smallest absolute Gasteiger partial charge is 0.267 e. The highest BCUT2D eigenvalue weighted by molar-refractivity contribution is 6.43. The van der Waals surface area contributed by atoms with Crippen LogP contribution in [0.5, 0.6) is 0 Å². The topological polar surface area (TPSA) is 86.2 Å². The second-order valence-electron chi connectivity index (χ2n) is 6.52. The van der Waals surface area contributed by atoms with Gasteiger partial charge in [0.05, 0.1) is 11.9 Å². The first kappa shape index (κ1) is 16.2. The standard InChI is InChI=1S/C20H19N5O/c1-25-12-15(11-23-25)18-9-13(6-7-22-18)8-14-10-19(20(21)26)24-17-5-3-2-4-16(14)17/h2-3,5-7,9-12,16H,4,8H2,1H3,(H2,21,26)/t16-/m1/s1. The quantitative estimate of drug-likeness (QED) is 0.923. The summed E-state index contributed by atoms with van der Waals surface area (Å²) in [6, 6.07) is 4.06. The molecule has 1 amide bonds. The summed E-state index contributed by atoms with van der Waals surface area (Å²) in [5.41, 5.74) is 10.8. The van der Waals surface area contributed by atoms with Gasteiger partial charge in [0, 0.05) is 36.6 Å². The number of aliphatic imine (C=N–C) groups is 1. The van der Waals surface area contributed by atoms with Gasteiger partial charge in [0.25, 0.3) is 5.91 Å². The van der Waals surface area contributed by atoms with Crippen molar-refractivity contribution in [1.29, 1.82) is 0 Å². The highest BCUT2D eigenvalue weighted by atomic mass is 16.1. The maximum absolute atomic E-state index is 11.7. The van der Waals surface area contributed by atoms with Crippen LogP contribution in [0.3, 0.4) is 0 Å². The molecular formula is C20H19N5O. The normalized spacial score (nSPS) is 18.7. The van der Waals surface area contributed by atoms with Gasteiger partial charge in [-0.15, -0.1) is 0 Å². The van der Waals surface area contributed by atoms with Gasteiger partial charge in [-0.3, -0.25) is 14.5 Å². The van der Waals surface area contributed by atoms with Crippen LogP contribution in [0, 0.1) is 5.92 Å². The van der Waals surface area contributed by atoms with E-state index >= 15 is 0 Å². The molecular weight excluding hydrogens is 326 g/mol. The summed E-state index contributed by atoms with van der Waals surface area (Å²) in [6.45, 7) is 0. The minimum Gasteiger partial charge on any atom is -0.364 e. The molecule has 0 saturated heterocycles.